The number of ether oxygens (including phenoxy) is 1. The molecule has 2 aromatic carbocycles. The largest absolute Gasteiger partial charge is 0.573 e. The van der Waals surface area contributed by atoms with E-state index in [9.17, 15) is 26.4 Å². The van der Waals surface area contributed by atoms with Gasteiger partial charge in [0.05, 0.1) is 11.4 Å². The number of hydrogen-bond acceptors (Lipinski definition) is 5. The molecular formula is C16H15F3N2O5S. The van der Waals surface area contributed by atoms with E-state index in [1.165, 1.54) is 5.48 Å². The standard InChI is InChI=1S/C16H15F3N2O5S/c17-16(18,19)26-13-6-8-14(9-7-13)27(24,25)21(11-15(22)20-23)10-12-4-2-1-3-5-12/h1-9,23H,10-11H2,(H,20,22). The molecule has 0 unspecified atom stereocenters. The topological polar surface area (TPSA) is 95.9 Å². The highest BCUT2D eigenvalue weighted by molar-refractivity contribution is 7.89. The number of carbonyl (C=O) groups excluding carboxylic acids is 1. The number of carbonyl (C=O) groups is 1. The Morgan fingerprint density at radius 2 is 1.67 bits per heavy atom. The van der Waals surface area contributed by atoms with Crippen molar-refractivity contribution in [3.63, 3.8) is 0 Å². The Bertz CT molecular complexity index is 871. The Morgan fingerprint density at radius 3 is 2.19 bits per heavy atom. The first-order chi connectivity index (χ1) is 12.6. The Hall–Kier alpha value is -2.63. The molecular weight excluding hydrogens is 389 g/mol. The van der Waals surface area contributed by atoms with E-state index in [1.54, 1.807) is 30.3 Å². The smallest absolute Gasteiger partial charge is 0.406 e. The molecule has 7 nitrogen and oxygen atoms in total. The van der Waals surface area contributed by atoms with Crippen LogP contribution in [0.3, 0.4) is 0 Å². The molecule has 0 spiro atoms. The van der Waals surface area contributed by atoms with Crippen molar-refractivity contribution < 1.29 is 36.3 Å². The van der Waals surface area contributed by atoms with E-state index in [-0.39, 0.29) is 11.4 Å². The second-order valence-electron chi connectivity index (χ2n) is 5.31. The molecule has 0 aromatic heterocycles. The molecule has 27 heavy (non-hydrogen) atoms. The van der Waals surface area contributed by atoms with Crippen molar-refractivity contribution in [2.75, 3.05) is 6.54 Å². The Morgan fingerprint density at radius 1 is 1.07 bits per heavy atom. The maximum absolute atomic E-state index is 12.8. The molecule has 0 radical (unpaired) electrons. The van der Waals surface area contributed by atoms with E-state index in [1.807, 2.05) is 0 Å². The molecule has 2 N–H and O–H groups in total. The monoisotopic (exact) mass is 404 g/mol. The molecule has 2 aromatic rings. The number of benzene rings is 2. The lowest BCUT2D eigenvalue weighted by molar-refractivity contribution is -0.274. The maximum Gasteiger partial charge on any atom is 0.573 e. The van der Waals surface area contributed by atoms with Crippen molar-refractivity contribution in [1.29, 1.82) is 0 Å². The van der Waals surface area contributed by atoms with Gasteiger partial charge in [-0.1, -0.05) is 30.3 Å². The predicted molar refractivity (Wildman–Crippen MR) is 87.1 cm³/mol. The zero-order chi connectivity index (χ0) is 20.1. The van der Waals surface area contributed by atoms with E-state index >= 15 is 0 Å². The Kier molecular flexibility index (Phi) is 6.41. The van der Waals surface area contributed by atoms with Crippen LogP contribution >= 0.6 is 0 Å². The predicted octanol–water partition coefficient (Wildman–Crippen LogP) is 2.28. The van der Waals surface area contributed by atoms with Crippen molar-refractivity contribution in [2.45, 2.75) is 17.8 Å². The second-order valence-corrected chi connectivity index (χ2v) is 7.25. The van der Waals surface area contributed by atoms with Crippen molar-refractivity contribution in [1.82, 2.24) is 9.79 Å². The van der Waals surface area contributed by atoms with Gasteiger partial charge in [-0.05, 0) is 29.8 Å². The van der Waals surface area contributed by atoms with Gasteiger partial charge in [-0.3, -0.25) is 10.0 Å². The van der Waals surface area contributed by atoms with Gasteiger partial charge < -0.3 is 4.74 Å². The highest BCUT2D eigenvalue weighted by Gasteiger charge is 2.32. The second kappa shape index (κ2) is 8.37. The first kappa shape index (κ1) is 20.7. The Labute approximate surface area is 153 Å². The van der Waals surface area contributed by atoms with Crippen LogP contribution < -0.4 is 10.2 Å². The van der Waals surface area contributed by atoms with E-state index in [4.69, 9.17) is 5.21 Å². The summed E-state index contributed by atoms with van der Waals surface area (Å²) in [5, 5.41) is 8.69. The SMILES string of the molecule is O=C(CN(Cc1ccccc1)S(=O)(=O)c1ccc(OC(F)(F)F)cc1)NO. The normalized spacial score (nSPS) is 12.0. The summed E-state index contributed by atoms with van der Waals surface area (Å²) in [5.74, 6) is -1.55. The van der Waals surface area contributed by atoms with Crippen LogP contribution in [0.2, 0.25) is 0 Å². The number of amides is 1. The molecule has 0 saturated carbocycles. The fourth-order valence-electron chi connectivity index (χ4n) is 2.17. The van der Waals surface area contributed by atoms with Gasteiger partial charge in [0.1, 0.15) is 5.75 Å². The van der Waals surface area contributed by atoms with Gasteiger partial charge in [-0.25, -0.2) is 13.9 Å². The van der Waals surface area contributed by atoms with Gasteiger partial charge in [-0.15, -0.1) is 13.2 Å². The van der Waals surface area contributed by atoms with Crippen molar-refractivity contribution in [3.05, 3.63) is 60.2 Å². The van der Waals surface area contributed by atoms with E-state index in [0.29, 0.717) is 5.56 Å². The zero-order valence-corrected chi connectivity index (χ0v) is 14.5. The fraction of sp³-hybridized carbons (Fsp3) is 0.188. The molecule has 0 bridgehead atoms. The molecule has 0 fully saturated rings. The van der Waals surface area contributed by atoms with Gasteiger partial charge in [0.15, 0.2) is 0 Å². The van der Waals surface area contributed by atoms with E-state index in [0.717, 1.165) is 28.6 Å². The summed E-state index contributed by atoms with van der Waals surface area (Å²) in [5.41, 5.74) is 1.92. The molecule has 0 aliphatic heterocycles. The fourth-order valence-corrected chi connectivity index (χ4v) is 3.56. The zero-order valence-electron chi connectivity index (χ0n) is 13.7. The summed E-state index contributed by atoms with van der Waals surface area (Å²) in [6, 6.07) is 11.9. The number of nitrogens with one attached hydrogen (secondary N) is 1. The summed E-state index contributed by atoms with van der Waals surface area (Å²) in [6.45, 7) is -0.869. The third-order valence-corrected chi connectivity index (χ3v) is 5.15. The maximum atomic E-state index is 12.8. The highest BCUT2D eigenvalue weighted by atomic mass is 32.2. The lowest BCUT2D eigenvalue weighted by Gasteiger charge is -2.21. The lowest BCUT2D eigenvalue weighted by Crippen LogP contribution is -2.39. The minimum absolute atomic E-state index is 0.183. The van der Waals surface area contributed by atoms with Gasteiger partial charge >= 0.3 is 6.36 Å². The number of alkyl halides is 3. The number of rotatable bonds is 7. The van der Waals surface area contributed by atoms with E-state index < -0.39 is 34.6 Å². The number of nitrogens with zero attached hydrogens (tertiary/aromatic N) is 1. The van der Waals surface area contributed by atoms with Crippen molar-refractivity contribution >= 4 is 15.9 Å². The molecule has 0 heterocycles. The van der Waals surface area contributed by atoms with Crippen LogP contribution in [-0.4, -0.2) is 36.7 Å². The minimum atomic E-state index is -4.90. The highest BCUT2D eigenvalue weighted by Crippen LogP contribution is 2.25. The quantitative estimate of drug-likeness (QED) is 0.545. The van der Waals surface area contributed by atoms with Crippen LogP contribution in [-0.2, 0) is 21.4 Å². The van der Waals surface area contributed by atoms with Crippen molar-refractivity contribution in [2.24, 2.45) is 0 Å². The number of hydroxylamine groups is 1. The number of sulfonamides is 1. The van der Waals surface area contributed by atoms with Crippen LogP contribution in [0.4, 0.5) is 13.2 Å². The van der Waals surface area contributed by atoms with Crippen LogP contribution in [0.25, 0.3) is 0 Å². The average Bonchev–Trinajstić information content (AvgIpc) is 2.61. The van der Waals surface area contributed by atoms with Gasteiger partial charge in [0, 0.05) is 6.54 Å². The molecule has 0 aliphatic carbocycles. The van der Waals surface area contributed by atoms with Crippen LogP contribution in [0.5, 0.6) is 5.75 Å². The van der Waals surface area contributed by atoms with Crippen molar-refractivity contribution in [3.8, 4) is 5.75 Å². The number of halogens is 3. The van der Waals surface area contributed by atoms with Crippen LogP contribution in [0.1, 0.15) is 5.56 Å². The summed E-state index contributed by atoms with van der Waals surface area (Å²) in [4.78, 5) is 11.2. The molecule has 146 valence electrons. The molecule has 11 heteroatoms. The first-order valence-electron chi connectivity index (χ1n) is 7.44. The molecule has 0 saturated heterocycles. The number of hydrogen-bond donors (Lipinski definition) is 2. The van der Waals surface area contributed by atoms with Gasteiger partial charge in [0.25, 0.3) is 5.91 Å². The van der Waals surface area contributed by atoms with E-state index in [2.05, 4.69) is 4.74 Å². The first-order valence-corrected chi connectivity index (χ1v) is 8.88. The Balaban J connectivity index is 2.30. The molecule has 0 aliphatic rings. The van der Waals surface area contributed by atoms with Crippen LogP contribution in [0.15, 0.2) is 59.5 Å². The summed E-state index contributed by atoms with van der Waals surface area (Å²) >= 11 is 0. The summed E-state index contributed by atoms with van der Waals surface area (Å²) < 4.78 is 66.7. The van der Waals surface area contributed by atoms with Gasteiger partial charge in [-0.2, -0.15) is 4.31 Å². The molecule has 0 atom stereocenters. The molecule has 2 rings (SSSR count). The average molecular weight is 404 g/mol. The third-order valence-electron chi connectivity index (χ3n) is 3.34. The molecule has 1 amide bonds. The van der Waals surface area contributed by atoms with Gasteiger partial charge in [0.2, 0.25) is 10.0 Å². The minimum Gasteiger partial charge on any atom is -0.406 e. The summed E-state index contributed by atoms with van der Waals surface area (Å²) in [7, 11) is -4.24. The lowest BCUT2D eigenvalue weighted by atomic mass is 10.2. The third kappa shape index (κ3) is 5.94. The summed E-state index contributed by atoms with van der Waals surface area (Å²) in [6.07, 6.45) is -4.90. The van der Waals surface area contributed by atoms with Crippen LogP contribution in [0, 0.1) is 0 Å².